The second-order valence-electron chi connectivity index (χ2n) is 9.60. The first-order valence-corrected chi connectivity index (χ1v) is 13.2. The number of hydrogen-bond acceptors (Lipinski definition) is 3. The van der Waals surface area contributed by atoms with E-state index in [2.05, 4.69) is 10.2 Å². The fourth-order valence-corrected chi connectivity index (χ4v) is 4.49. The van der Waals surface area contributed by atoms with Crippen LogP contribution < -0.4 is 4.74 Å². The summed E-state index contributed by atoms with van der Waals surface area (Å²) in [5, 5.41) is 6.61. The highest BCUT2D eigenvalue weighted by atomic mass is 19.1. The lowest BCUT2D eigenvalue weighted by molar-refractivity contribution is -0.123. The van der Waals surface area contributed by atoms with Gasteiger partial charge in [-0.1, -0.05) is 31.2 Å². The maximum absolute atomic E-state index is 14.9. The van der Waals surface area contributed by atoms with Gasteiger partial charge >= 0.3 is 0 Å². The molecule has 1 amide bonds. The van der Waals surface area contributed by atoms with Crippen LogP contribution in [-0.4, -0.2) is 41.7 Å². The van der Waals surface area contributed by atoms with Gasteiger partial charge in [-0.25, -0.2) is 8.78 Å². The number of aromatic nitrogens is 2. The molecular weight excluding hydrogens is 515 g/mol. The number of H-pyrrole nitrogens is 1. The lowest BCUT2D eigenvalue weighted by Gasteiger charge is -2.17. The van der Waals surface area contributed by atoms with E-state index in [0.29, 0.717) is 46.4 Å². The van der Waals surface area contributed by atoms with Crippen LogP contribution in [0.3, 0.4) is 0 Å². The van der Waals surface area contributed by atoms with Crippen molar-refractivity contribution in [2.45, 2.75) is 32.6 Å². The summed E-state index contributed by atoms with van der Waals surface area (Å²) in [6.07, 6.45) is 6.34. The molecule has 0 atom stereocenters. The summed E-state index contributed by atoms with van der Waals surface area (Å²) in [6, 6.07) is 15.9. The third-order valence-corrected chi connectivity index (χ3v) is 6.58. The lowest BCUT2D eigenvalue weighted by atomic mass is 9.87. The van der Waals surface area contributed by atoms with Crippen LogP contribution in [0, 0.1) is 17.6 Å². The number of rotatable bonds is 11. The maximum atomic E-state index is 14.9. The topological polar surface area (TPSA) is 58.2 Å². The lowest BCUT2D eigenvalue weighted by Crippen LogP contribution is -2.18. The van der Waals surface area contributed by atoms with Crippen LogP contribution in [-0.2, 0) is 4.79 Å². The first-order chi connectivity index (χ1) is 19.3. The highest BCUT2D eigenvalue weighted by Gasteiger charge is 2.18. The van der Waals surface area contributed by atoms with E-state index in [1.54, 1.807) is 38.4 Å². The number of carbonyl (C=O) groups excluding carboxylic acids is 1. The van der Waals surface area contributed by atoms with Gasteiger partial charge in [-0.05, 0) is 96.5 Å². The number of benzene rings is 3. The molecule has 0 spiro atoms. The van der Waals surface area contributed by atoms with E-state index in [-0.39, 0.29) is 11.5 Å². The number of amides is 1. The average molecular weight is 548 g/mol. The molecule has 1 aromatic heterocycles. The normalized spacial score (nSPS) is 12.2. The molecule has 8 heteroatoms. The molecule has 1 N–H and O–H groups in total. The van der Waals surface area contributed by atoms with E-state index >= 15 is 0 Å². The Morgan fingerprint density at radius 1 is 0.975 bits per heavy atom. The minimum absolute atomic E-state index is 0.0362. The molecule has 0 saturated carbocycles. The van der Waals surface area contributed by atoms with Crippen LogP contribution in [0.4, 0.5) is 13.2 Å². The third-order valence-electron chi connectivity index (χ3n) is 6.58. The van der Waals surface area contributed by atoms with Gasteiger partial charge in [-0.3, -0.25) is 9.89 Å². The summed E-state index contributed by atoms with van der Waals surface area (Å²) in [7, 11) is 3.43. The summed E-state index contributed by atoms with van der Waals surface area (Å²) in [5.74, 6) is -0.998. The molecule has 0 fully saturated rings. The zero-order valence-corrected chi connectivity index (χ0v) is 22.8. The highest BCUT2D eigenvalue weighted by Crippen LogP contribution is 2.37. The van der Waals surface area contributed by atoms with Gasteiger partial charge in [-0.2, -0.15) is 9.49 Å². The van der Waals surface area contributed by atoms with Gasteiger partial charge in [0.1, 0.15) is 17.4 Å². The molecule has 0 aliphatic heterocycles. The molecule has 0 unspecified atom stereocenters. The van der Waals surface area contributed by atoms with Crippen molar-refractivity contribution < 1.29 is 22.7 Å². The number of fused-ring (bicyclic) bond motifs is 1. The molecule has 0 bridgehead atoms. The van der Waals surface area contributed by atoms with Gasteiger partial charge in [0.25, 0.3) is 0 Å². The maximum Gasteiger partial charge on any atom is 0.245 e. The van der Waals surface area contributed by atoms with Crippen LogP contribution in [0.2, 0.25) is 0 Å². The monoisotopic (exact) mass is 547 g/mol. The van der Waals surface area contributed by atoms with E-state index in [1.165, 1.54) is 11.0 Å². The fourth-order valence-electron chi connectivity index (χ4n) is 4.49. The average Bonchev–Trinajstić information content (AvgIpc) is 3.32. The number of carbonyl (C=O) groups is 1. The highest BCUT2D eigenvalue weighted by molar-refractivity contribution is 6.00. The minimum Gasteiger partial charge on any atom is -0.494 e. The van der Waals surface area contributed by atoms with E-state index < -0.39 is 17.6 Å². The van der Waals surface area contributed by atoms with Crippen molar-refractivity contribution in [2.75, 3.05) is 20.7 Å². The molecule has 40 heavy (non-hydrogen) atoms. The SMILES string of the molecule is CC/C(=C(/c1ccc(OCCCC/C=C/C(=O)N(C)C)cc1)c1ccc2n[nH]c(F)c2c1)c1cc(F)ccc1F. The Bertz CT molecular complexity index is 1540. The van der Waals surface area contributed by atoms with Crippen molar-refractivity contribution in [2.24, 2.45) is 0 Å². The van der Waals surface area contributed by atoms with Crippen molar-refractivity contribution in [3.63, 3.8) is 0 Å². The Balaban J connectivity index is 1.59. The van der Waals surface area contributed by atoms with E-state index in [9.17, 15) is 18.0 Å². The number of allylic oxidation sites excluding steroid dienone is 2. The molecule has 0 aliphatic rings. The number of hydrogen-bond donors (Lipinski definition) is 1. The fraction of sp³-hybridized carbons (Fsp3) is 0.250. The van der Waals surface area contributed by atoms with E-state index in [1.807, 2.05) is 37.3 Å². The van der Waals surface area contributed by atoms with Gasteiger partial charge in [0.2, 0.25) is 11.9 Å². The van der Waals surface area contributed by atoms with Crippen LogP contribution in [0.1, 0.15) is 49.3 Å². The van der Waals surface area contributed by atoms with Gasteiger partial charge in [0, 0.05) is 19.7 Å². The molecule has 208 valence electrons. The van der Waals surface area contributed by atoms with Gasteiger partial charge in [0.05, 0.1) is 17.5 Å². The molecule has 0 aliphatic carbocycles. The number of nitrogens with one attached hydrogen (secondary N) is 1. The van der Waals surface area contributed by atoms with Crippen molar-refractivity contribution >= 4 is 28.0 Å². The number of likely N-dealkylation sites (N-methyl/N-ethyl adjacent to an activating group) is 1. The van der Waals surface area contributed by atoms with Crippen molar-refractivity contribution in [3.8, 4) is 5.75 Å². The molecule has 5 nitrogen and oxygen atoms in total. The van der Waals surface area contributed by atoms with E-state index in [0.717, 1.165) is 37.0 Å². The van der Waals surface area contributed by atoms with Crippen LogP contribution in [0.25, 0.3) is 22.0 Å². The number of aromatic amines is 1. The Kier molecular flexibility index (Phi) is 9.43. The van der Waals surface area contributed by atoms with Gasteiger partial charge in [-0.15, -0.1) is 0 Å². The Morgan fingerprint density at radius 2 is 1.73 bits per heavy atom. The minimum atomic E-state index is -0.560. The molecule has 3 aromatic carbocycles. The summed E-state index contributed by atoms with van der Waals surface area (Å²) in [5.41, 5.74) is 3.30. The summed E-state index contributed by atoms with van der Waals surface area (Å²) in [4.78, 5) is 13.1. The summed E-state index contributed by atoms with van der Waals surface area (Å²) in [6.45, 7) is 2.39. The second kappa shape index (κ2) is 13.2. The molecule has 0 saturated heterocycles. The van der Waals surface area contributed by atoms with Crippen molar-refractivity contribution in [1.29, 1.82) is 0 Å². The van der Waals surface area contributed by atoms with E-state index in [4.69, 9.17) is 4.74 Å². The Morgan fingerprint density at radius 3 is 2.45 bits per heavy atom. The number of unbranched alkanes of at least 4 members (excludes halogenated alkanes) is 2. The zero-order chi connectivity index (χ0) is 28.6. The number of ether oxygens (including phenoxy) is 1. The number of nitrogens with zero attached hydrogens (tertiary/aromatic N) is 2. The molecular formula is C32H32F3N3O2. The van der Waals surface area contributed by atoms with Gasteiger partial charge in [0.15, 0.2) is 0 Å². The Hall–Kier alpha value is -4.33. The molecule has 1 heterocycles. The standard InChI is InChI=1S/C32H32F3N3O2/c1-4-25(26-20-23(33)13-16-28(26)34)31(22-12-17-29-27(19-22)32(35)37-36-29)21-10-14-24(15-11-21)40-18-8-6-5-7-9-30(39)38(2)3/h7,9-17,19-20H,4-6,8,18H2,1-3H3,(H,36,37)/b9-7+,31-25+. The smallest absolute Gasteiger partial charge is 0.245 e. The largest absolute Gasteiger partial charge is 0.494 e. The van der Waals surface area contributed by atoms with Crippen molar-refractivity contribution in [1.82, 2.24) is 15.1 Å². The molecule has 0 radical (unpaired) electrons. The third kappa shape index (κ3) is 6.81. The quantitative estimate of drug-likeness (QED) is 0.120. The Labute approximate surface area is 232 Å². The summed E-state index contributed by atoms with van der Waals surface area (Å²) < 4.78 is 49.4. The number of halogens is 3. The van der Waals surface area contributed by atoms with Gasteiger partial charge < -0.3 is 9.64 Å². The first kappa shape index (κ1) is 28.7. The second-order valence-corrected chi connectivity index (χ2v) is 9.60. The molecule has 4 rings (SSSR count). The van der Waals surface area contributed by atoms with Crippen LogP contribution in [0.15, 0.2) is 72.8 Å². The van der Waals surface area contributed by atoms with Crippen LogP contribution >= 0.6 is 0 Å². The predicted molar refractivity (Wildman–Crippen MR) is 152 cm³/mol. The predicted octanol–water partition coefficient (Wildman–Crippen LogP) is 7.54. The first-order valence-electron chi connectivity index (χ1n) is 13.2. The summed E-state index contributed by atoms with van der Waals surface area (Å²) >= 11 is 0. The zero-order valence-electron chi connectivity index (χ0n) is 22.8. The van der Waals surface area contributed by atoms with Crippen molar-refractivity contribution in [3.05, 3.63) is 107 Å². The molecule has 4 aromatic rings. The van der Waals surface area contributed by atoms with Crippen LogP contribution in [0.5, 0.6) is 5.75 Å².